The Balaban J connectivity index is 1.63. The molecule has 164 valence electrons. The van der Waals surface area contributed by atoms with Crippen LogP contribution in [0, 0.1) is 0 Å². The maximum absolute atomic E-state index is 6.14. The van der Waals surface area contributed by atoms with Crippen molar-refractivity contribution in [2.24, 2.45) is 0 Å². The standard InChI is InChI=1S/C24H35N3O3/c1-15(2)25-24-23-17(4)30-16(3)22(23)18-13-20(28-5)21(14-19(18)26-24)29-12-8-11-27-9-6-7-10-27/h13-17H,6-12H2,1-5H3,(H,25,26)/t16-,17-/m1/s1. The quantitative estimate of drug-likeness (QED) is 0.609. The second kappa shape index (κ2) is 8.98. The molecule has 1 aromatic carbocycles. The number of fused-ring (bicyclic) bond motifs is 3. The Morgan fingerprint density at radius 1 is 1.13 bits per heavy atom. The number of nitrogens with zero attached hydrogens (tertiary/aromatic N) is 2. The molecule has 1 fully saturated rings. The molecule has 2 atom stereocenters. The van der Waals surface area contributed by atoms with E-state index in [9.17, 15) is 0 Å². The average molecular weight is 414 g/mol. The van der Waals surface area contributed by atoms with Gasteiger partial charge in [-0.3, -0.25) is 0 Å². The third-order valence-electron chi connectivity index (χ3n) is 6.07. The summed E-state index contributed by atoms with van der Waals surface area (Å²) in [5.74, 6) is 2.42. The molecule has 3 heterocycles. The predicted octanol–water partition coefficient (Wildman–Crippen LogP) is 5.08. The molecule has 0 spiro atoms. The van der Waals surface area contributed by atoms with Crippen LogP contribution in [-0.2, 0) is 4.74 Å². The number of methoxy groups -OCH3 is 1. The van der Waals surface area contributed by atoms with Gasteiger partial charge >= 0.3 is 0 Å². The van der Waals surface area contributed by atoms with Crippen molar-refractivity contribution in [1.82, 2.24) is 9.88 Å². The SMILES string of the molecule is COc1cc2c3c(c(NC(C)C)nc2cc1OCCCN1CCCC1)[C@@H](C)O[C@@H]3C. The number of anilines is 1. The van der Waals surface area contributed by atoms with Gasteiger partial charge < -0.3 is 24.4 Å². The normalized spacial score (nSPS) is 21.4. The number of rotatable bonds is 8. The van der Waals surface area contributed by atoms with Crippen LogP contribution in [0.4, 0.5) is 5.82 Å². The highest BCUT2D eigenvalue weighted by Gasteiger charge is 2.32. The third-order valence-corrected chi connectivity index (χ3v) is 6.07. The summed E-state index contributed by atoms with van der Waals surface area (Å²) in [6.07, 6.45) is 3.69. The van der Waals surface area contributed by atoms with Crippen molar-refractivity contribution in [3.8, 4) is 11.5 Å². The summed E-state index contributed by atoms with van der Waals surface area (Å²) >= 11 is 0. The topological polar surface area (TPSA) is 55.8 Å². The zero-order valence-electron chi connectivity index (χ0n) is 19.0. The monoisotopic (exact) mass is 413 g/mol. The Hall–Kier alpha value is -2.05. The lowest BCUT2D eigenvalue weighted by atomic mass is 9.98. The van der Waals surface area contributed by atoms with Crippen LogP contribution in [0.3, 0.4) is 0 Å². The summed E-state index contributed by atoms with van der Waals surface area (Å²) in [6.45, 7) is 12.7. The largest absolute Gasteiger partial charge is 0.493 e. The van der Waals surface area contributed by atoms with Gasteiger partial charge in [0.15, 0.2) is 11.5 Å². The summed E-state index contributed by atoms with van der Waals surface area (Å²) in [6, 6.07) is 4.38. The summed E-state index contributed by atoms with van der Waals surface area (Å²) in [5.41, 5.74) is 3.27. The number of hydrogen-bond donors (Lipinski definition) is 1. The average Bonchev–Trinajstić information content (AvgIpc) is 3.32. The smallest absolute Gasteiger partial charge is 0.163 e. The van der Waals surface area contributed by atoms with Gasteiger partial charge in [0.25, 0.3) is 0 Å². The van der Waals surface area contributed by atoms with Gasteiger partial charge in [0, 0.05) is 29.6 Å². The zero-order chi connectivity index (χ0) is 21.3. The number of benzene rings is 1. The number of likely N-dealkylation sites (tertiary alicyclic amines) is 1. The Bertz CT molecular complexity index is 893. The van der Waals surface area contributed by atoms with Crippen LogP contribution in [0.15, 0.2) is 12.1 Å². The van der Waals surface area contributed by atoms with E-state index in [4.69, 9.17) is 19.2 Å². The van der Waals surface area contributed by atoms with Crippen LogP contribution in [-0.4, -0.2) is 49.3 Å². The van der Waals surface area contributed by atoms with Gasteiger partial charge in [-0.25, -0.2) is 4.98 Å². The minimum absolute atomic E-state index is 0.0145. The molecule has 4 rings (SSSR count). The molecule has 2 aliphatic rings. The van der Waals surface area contributed by atoms with Crippen LogP contribution in [0.2, 0.25) is 0 Å². The number of pyridine rings is 1. The first-order valence-corrected chi connectivity index (χ1v) is 11.3. The molecule has 6 heteroatoms. The molecule has 30 heavy (non-hydrogen) atoms. The summed E-state index contributed by atoms with van der Waals surface area (Å²) < 4.78 is 18.0. The van der Waals surface area contributed by atoms with Crippen LogP contribution in [0.25, 0.3) is 10.9 Å². The van der Waals surface area contributed by atoms with Crippen molar-refractivity contribution >= 4 is 16.7 Å². The Labute approximate surface area is 179 Å². The lowest BCUT2D eigenvalue weighted by molar-refractivity contribution is 0.0338. The van der Waals surface area contributed by atoms with Gasteiger partial charge in [0.05, 0.1) is 31.4 Å². The Morgan fingerprint density at radius 3 is 2.57 bits per heavy atom. The van der Waals surface area contributed by atoms with Crippen LogP contribution < -0.4 is 14.8 Å². The van der Waals surface area contributed by atoms with E-state index in [0.717, 1.165) is 46.7 Å². The molecular formula is C24H35N3O3. The van der Waals surface area contributed by atoms with Gasteiger partial charge in [-0.2, -0.15) is 0 Å². The first-order chi connectivity index (χ1) is 14.5. The highest BCUT2D eigenvalue weighted by molar-refractivity contribution is 5.90. The summed E-state index contributed by atoms with van der Waals surface area (Å²) in [4.78, 5) is 7.48. The fraction of sp³-hybridized carbons (Fsp3) is 0.625. The molecule has 1 N–H and O–H groups in total. The second-order valence-electron chi connectivity index (χ2n) is 8.78. The Morgan fingerprint density at radius 2 is 1.87 bits per heavy atom. The van der Waals surface area contributed by atoms with Crippen LogP contribution in [0.5, 0.6) is 11.5 Å². The molecular weight excluding hydrogens is 378 g/mol. The minimum Gasteiger partial charge on any atom is -0.493 e. The molecule has 2 aromatic rings. The van der Waals surface area contributed by atoms with Crippen LogP contribution in [0.1, 0.15) is 70.3 Å². The molecule has 0 bridgehead atoms. The van der Waals surface area contributed by atoms with Gasteiger partial charge in [-0.1, -0.05) is 0 Å². The predicted molar refractivity (Wildman–Crippen MR) is 121 cm³/mol. The first kappa shape index (κ1) is 21.2. The van der Waals surface area contributed by atoms with Crippen molar-refractivity contribution in [3.63, 3.8) is 0 Å². The van der Waals surface area contributed by atoms with Gasteiger partial charge in [-0.05, 0) is 71.7 Å². The van der Waals surface area contributed by atoms with Crippen molar-refractivity contribution in [2.45, 2.75) is 65.2 Å². The molecule has 0 saturated carbocycles. The van der Waals surface area contributed by atoms with Gasteiger partial charge in [0.2, 0.25) is 0 Å². The number of nitrogens with one attached hydrogen (secondary N) is 1. The lowest BCUT2D eigenvalue weighted by Gasteiger charge is -2.19. The van der Waals surface area contributed by atoms with E-state index in [1.54, 1.807) is 7.11 Å². The number of hydrogen-bond acceptors (Lipinski definition) is 6. The second-order valence-corrected chi connectivity index (χ2v) is 8.78. The molecule has 0 amide bonds. The minimum atomic E-state index is 0.0145. The van der Waals surface area contributed by atoms with E-state index in [1.165, 1.54) is 31.5 Å². The summed E-state index contributed by atoms with van der Waals surface area (Å²) in [5, 5.41) is 4.59. The van der Waals surface area contributed by atoms with E-state index in [2.05, 4.69) is 44.0 Å². The van der Waals surface area contributed by atoms with Crippen molar-refractivity contribution in [3.05, 3.63) is 23.3 Å². The van der Waals surface area contributed by atoms with E-state index in [1.807, 2.05) is 6.07 Å². The molecule has 1 aromatic heterocycles. The van der Waals surface area contributed by atoms with Crippen molar-refractivity contribution in [1.29, 1.82) is 0 Å². The Kier molecular flexibility index (Phi) is 6.34. The highest BCUT2D eigenvalue weighted by atomic mass is 16.5. The molecule has 2 aliphatic heterocycles. The van der Waals surface area contributed by atoms with E-state index >= 15 is 0 Å². The maximum Gasteiger partial charge on any atom is 0.163 e. The first-order valence-electron chi connectivity index (χ1n) is 11.3. The summed E-state index contributed by atoms with van der Waals surface area (Å²) in [7, 11) is 1.70. The van der Waals surface area contributed by atoms with Gasteiger partial charge in [-0.15, -0.1) is 0 Å². The van der Waals surface area contributed by atoms with E-state index < -0.39 is 0 Å². The van der Waals surface area contributed by atoms with Crippen molar-refractivity contribution < 1.29 is 14.2 Å². The zero-order valence-corrected chi connectivity index (χ0v) is 19.0. The number of aromatic nitrogens is 1. The highest BCUT2D eigenvalue weighted by Crippen LogP contribution is 2.47. The van der Waals surface area contributed by atoms with Gasteiger partial charge in [0.1, 0.15) is 5.82 Å². The molecule has 6 nitrogen and oxygen atoms in total. The fourth-order valence-corrected chi connectivity index (χ4v) is 4.73. The fourth-order valence-electron chi connectivity index (χ4n) is 4.73. The molecule has 0 radical (unpaired) electrons. The molecule has 1 saturated heterocycles. The van der Waals surface area contributed by atoms with E-state index in [-0.39, 0.29) is 12.2 Å². The number of ether oxygens (including phenoxy) is 3. The van der Waals surface area contributed by atoms with Crippen molar-refractivity contribution in [2.75, 3.05) is 38.7 Å². The maximum atomic E-state index is 6.14. The van der Waals surface area contributed by atoms with Crippen LogP contribution >= 0.6 is 0 Å². The molecule has 0 aliphatic carbocycles. The third kappa shape index (κ3) is 4.21. The lowest BCUT2D eigenvalue weighted by Crippen LogP contribution is -2.21. The van der Waals surface area contributed by atoms with E-state index in [0.29, 0.717) is 12.6 Å². The molecule has 0 unspecified atom stereocenters.